The van der Waals surface area contributed by atoms with E-state index in [9.17, 15) is 0 Å². The number of rotatable bonds is 7. The van der Waals surface area contributed by atoms with Gasteiger partial charge in [-0.15, -0.1) is 11.3 Å². The first-order valence-electron chi connectivity index (χ1n) is 40.0. The third-order valence-electron chi connectivity index (χ3n) is 24.0. The van der Waals surface area contributed by atoms with Crippen LogP contribution in [0.4, 0.5) is 0 Å². The zero-order chi connectivity index (χ0) is 77.2. The summed E-state index contributed by atoms with van der Waals surface area (Å²) in [4.78, 5) is 0. The monoisotopic (exact) mass is 1510 g/mol. The zero-order valence-electron chi connectivity index (χ0n) is 63.8. The molecular formula is C113H70O3S. The van der Waals surface area contributed by atoms with Crippen LogP contribution in [0.1, 0.15) is 5.56 Å². The quantitative estimate of drug-likeness (QED) is 0.149. The van der Waals surface area contributed by atoms with Crippen LogP contribution in [0, 0.1) is 6.92 Å². The summed E-state index contributed by atoms with van der Waals surface area (Å²) in [5.74, 6) is 1.69. The lowest BCUT2D eigenvalue weighted by Crippen LogP contribution is -1.88. The van der Waals surface area contributed by atoms with Gasteiger partial charge in [-0.05, 0) is 262 Å². The fourth-order valence-corrected chi connectivity index (χ4v) is 19.7. The molecule has 4 aromatic heterocycles. The third-order valence-corrected chi connectivity index (χ3v) is 25.1. The van der Waals surface area contributed by atoms with E-state index in [1.165, 1.54) is 178 Å². The highest BCUT2D eigenvalue weighted by Gasteiger charge is 2.20. The minimum atomic E-state index is 0.839. The van der Waals surface area contributed by atoms with Crippen LogP contribution in [0.3, 0.4) is 0 Å². The van der Waals surface area contributed by atoms with Gasteiger partial charge in [-0.2, -0.15) is 0 Å². The maximum atomic E-state index is 6.49. The normalized spacial score (nSPS) is 11.8. The molecule has 3 nitrogen and oxygen atoms in total. The first kappa shape index (κ1) is 67.7. The molecule has 0 atom stereocenters. The van der Waals surface area contributed by atoms with Gasteiger partial charge < -0.3 is 13.3 Å². The molecule has 0 N–H and O–H groups in total. The molecule has 0 aliphatic heterocycles. The van der Waals surface area contributed by atoms with Crippen molar-refractivity contribution in [2.75, 3.05) is 0 Å². The van der Waals surface area contributed by atoms with Gasteiger partial charge in [0.15, 0.2) is 0 Å². The summed E-state index contributed by atoms with van der Waals surface area (Å²) in [6, 6.07) is 147. The molecule has 0 saturated carbocycles. The van der Waals surface area contributed by atoms with Gasteiger partial charge in [0.05, 0.1) is 0 Å². The number of hydrogen-bond donors (Lipinski definition) is 0. The largest absolute Gasteiger partial charge is 0.456 e. The summed E-state index contributed by atoms with van der Waals surface area (Å²) in [5, 5.41) is 30.4. The maximum Gasteiger partial charge on any atom is 0.136 e. The van der Waals surface area contributed by atoms with E-state index in [0.29, 0.717) is 0 Å². The Hall–Kier alpha value is -14.9. The van der Waals surface area contributed by atoms with Gasteiger partial charge in [-0.1, -0.05) is 309 Å². The molecule has 0 bridgehead atoms. The van der Waals surface area contributed by atoms with Crippen LogP contribution >= 0.6 is 11.3 Å². The van der Waals surface area contributed by atoms with E-state index in [-0.39, 0.29) is 0 Å². The van der Waals surface area contributed by atoms with Crippen LogP contribution in [0.5, 0.6) is 0 Å². The van der Waals surface area contributed by atoms with Crippen LogP contribution in [0.2, 0.25) is 0 Å². The molecule has 0 spiro atoms. The summed E-state index contributed by atoms with van der Waals surface area (Å²) in [6.45, 7) is 2.18. The van der Waals surface area contributed by atoms with E-state index in [1.54, 1.807) is 0 Å². The Morgan fingerprint density at radius 1 is 0.162 bits per heavy atom. The number of hydrogen-bond acceptors (Lipinski definition) is 4. The molecule has 4 heteroatoms. The summed E-state index contributed by atoms with van der Waals surface area (Å²) < 4.78 is 21.4. The Morgan fingerprint density at radius 2 is 0.487 bits per heavy atom. The van der Waals surface area contributed by atoms with Crippen molar-refractivity contribution in [3.63, 3.8) is 0 Å². The van der Waals surface area contributed by atoms with Gasteiger partial charge in [0.2, 0.25) is 0 Å². The molecular weight excluding hydrogens is 1440 g/mol. The van der Waals surface area contributed by atoms with Crippen molar-refractivity contribution in [2.45, 2.75) is 6.92 Å². The average Bonchev–Trinajstić information content (AvgIpc) is 1.43. The minimum Gasteiger partial charge on any atom is -0.456 e. The highest BCUT2D eigenvalue weighted by molar-refractivity contribution is 7.25. The predicted octanol–water partition coefficient (Wildman–Crippen LogP) is 33.2. The van der Waals surface area contributed by atoms with Gasteiger partial charge in [0.25, 0.3) is 0 Å². The van der Waals surface area contributed by atoms with Crippen LogP contribution in [-0.2, 0) is 0 Å². The second kappa shape index (κ2) is 27.7. The van der Waals surface area contributed by atoms with E-state index in [0.717, 1.165) is 66.5 Å². The first-order valence-corrected chi connectivity index (χ1v) is 40.9. The minimum absolute atomic E-state index is 0.839. The molecule has 0 unspecified atom stereocenters. The van der Waals surface area contributed by atoms with Crippen molar-refractivity contribution in [1.82, 2.24) is 0 Å². The van der Waals surface area contributed by atoms with Crippen molar-refractivity contribution in [3.05, 3.63) is 412 Å². The van der Waals surface area contributed by atoms with Crippen LogP contribution in [-0.4, -0.2) is 0 Å². The summed E-state index contributed by atoms with van der Waals surface area (Å²) in [7, 11) is 0. The van der Waals surface area contributed by atoms with E-state index in [2.05, 4.69) is 371 Å². The fourth-order valence-electron chi connectivity index (χ4n) is 18.5. The maximum absolute atomic E-state index is 6.49. The Labute approximate surface area is 678 Å². The molecule has 0 saturated heterocycles. The van der Waals surface area contributed by atoms with Gasteiger partial charge >= 0.3 is 0 Å². The molecule has 25 rings (SSSR count). The number of thiophene rings is 1. The highest BCUT2D eigenvalue weighted by atomic mass is 32.1. The second-order valence-electron chi connectivity index (χ2n) is 30.9. The van der Waals surface area contributed by atoms with Crippen LogP contribution in [0.15, 0.2) is 420 Å². The van der Waals surface area contributed by atoms with Gasteiger partial charge in [0, 0.05) is 52.8 Å². The van der Waals surface area contributed by atoms with Crippen molar-refractivity contribution in [1.29, 1.82) is 0 Å². The van der Waals surface area contributed by atoms with Crippen molar-refractivity contribution in [3.8, 4) is 78.3 Å². The van der Waals surface area contributed by atoms with Crippen LogP contribution < -0.4 is 0 Å². The first-order chi connectivity index (χ1) is 57.9. The molecule has 117 heavy (non-hydrogen) atoms. The molecule has 21 aromatic carbocycles. The number of aryl methyl sites for hydroxylation is 1. The van der Waals surface area contributed by atoms with Crippen LogP contribution in [0.25, 0.3) is 239 Å². The summed E-state index contributed by atoms with van der Waals surface area (Å²) in [5.41, 5.74) is 19.2. The molecule has 0 aliphatic rings. The molecule has 0 aliphatic carbocycles. The van der Waals surface area contributed by atoms with Crippen molar-refractivity contribution >= 4 is 172 Å². The lowest BCUT2D eigenvalue weighted by Gasteiger charge is -2.14. The number of fused-ring (bicyclic) bond motifs is 27. The molecule has 546 valence electrons. The topological polar surface area (TPSA) is 39.4 Å². The van der Waals surface area contributed by atoms with E-state index < -0.39 is 0 Å². The molecule has 0 amide bonds. The third kappa shape index (κ3) is 11.6. The molecule has 0 radical (unpaired) electrons. The Bertz CT molecular complexity index is 8250. The number of furan rings is 3. The fraction of sp³-hybridized carbons (Fsp3) is 0.00885. The summed E-state index contributed by atoms with van der Waals surface area (Å²) in [6.07, 6.45) is 0. The lowest BCUT2D eigenvalue weighted by molar-refractivity contribution is 0.598. The average molecular weight is 1510 g/mol. The van der Waals surface area contributed by atoms with E-state index >= 15 is 0 Å². The molecule has 25 aromatic rings. The predicted molar refractivity (Wildman–Crippen MR) is 499 cm³/mol. The molecule has 0 fully saturated rings. The Morgan fingerprint density at radius 3 is 1.00 bits per heavy atom. The van der Waals surface area contributed by atoms with Gasteiger partial charge in [0.1, 0.15) is 33.9 Å². The summed E-state index contributed by atoms with van der Waals surface area (Å²) >= 11 is 1.88. The van der Waals surface area contributed by atoms with Crippen molar-refractivity contribution < 1.29 is 13.3 Å². The Kier molecular flexibility index (Phi) is 16.0. The lowest BCUT2D eigenvalue weighted by atomic mass is 9.90. The number of benzene rings is 21. The van der Waals surface area contributed by atoms with Crippen molar-refractivity contribution in [2.24, 2.45) is 0 Å². The zero-order valence-corrected chi connectivity index (χ0v) is 64.6. The Balaban J connectivity index is 0.000000104. The SMILES string of the molecule is Cc1cc(-c2ccc3c(c2)oc2ccccc23)cc(-c2ccc3c4ccccc4c4ccccc4c3c2)c1.c1ccc(-c2cc(-c3ccc4c(c3)sc3ccccc34)cc(-c3ccc4c5ccccc5c5ccccc5c4c3)c2)cc1.c1ccc2c(c1)oc1cccc(-c3ccc(-c4ccc5c6ccccc6c6ccccc6c5c4)o3)c12. The standard InChI is InChI=1S/C42H26S.C37H24O.C34H20O2/c1-2-10-27(11-3-1)30-22-31(24-32(23-30)29-19-21-39-38-16-8-9-17-41(38)43-42(39)26-29)28-18-20-37-35-14-5-4-12-33(35)34-13-6-7-15-36(34)40(37)25-28;1-23-18-26(20-27(19-23)25-15-17-34-33-12-6-7-13-36(33)38-37(34)22-25)24-14-16-32-30-10-3-2-8-28(30)29-9-4-5-11-31(29)35(32)21-24;1-2-10-24-22(8-1)23-9-3-4-11-25(23)29-20-21(16-17-26(24)29)30-18-19-32(35-30)28-13-7-15-33-34(28)27-12-5-6-14-31(27)36-33/h1-26H;2-22H,1H3;1-20H. The highest BCUT2D eigenvalue weighted by Crippen LogP contribution is 2.46. The van der Waals surface area contributed by atoms with E-state index in [4.69, 9.17) is 13.3 Å². The number of para-hydroxylation sites is 2. The second-order valence-corrected chi connectivity index (χ2v) is 32.0. The van der Waals surface area contributed by atoms with Gasteiger partial charge in [-0.3, -0.25) is 0 Å². The smallest absolute Gasteiger partial charge is 0.136 e. The van der Waals surface area contributed by atoms with E-state index in [1.807, 2.05) is 53.8 Å². The van der Waals surface area contributed by atoms with Gasteiger partial charge in [-0.25, -0.2) is 0 Å². The molecule has 4 heterocycles.